The molecule has 2 aromatic heterocycles. The van der Waals surface area contributed by atoms with E-state index in [0.717, 1.165) is 18.2 Å². The summed E-state index contributed by atoms with van der Waals surface area (Å²) in [5, 5.41) is 10.2. The molecule has 0 radical (unpaired) electrons. The molecule has 0 aliphatic heterocycles. The lowest BCUT2D eigenvalue weighted by molar-refractivity contribution is 0.664. The molecule has 0 saturated carbocycles. The van der Waals surface area contributed by atoms with E-state index in [4.69, 9.17) is 0 Å². The summed E-state index contributed by atoms with van der Waals surface area (Å²) in [5.41, 5.74) is 1.27. The summed E-state index contributed by atoms with van der Waals surface area (Å²) in [6.07, 6.45) is 4.13. The van der Waals surface area contributed by atoms with Crippen molar-refractivity contribution in [2.75, 3.05) is 0 Å². The van der Waals surface area contributed by atoms with Crippen LogP contribution in [0.15, 0.2) is 18.5 Å². The van der Waals surface area contributed by atoms with Gasteiger partial charge in [-0.15, -0.1) is 0 Å². The van der Waals surface area contributed by atoms with Crippen LogP contribution in [0.2, 0.25) is 0 Å². The summed E-state index contributed by atoms with van der Waals surface area (Å²) in [5.74, 6) is 1.66. The first-order valence-corrected chi connectivity index (χ1v) is 4.93. The van der Waals surface area contributed by atoms with Gasteiger partial charge in [0.1, 0.15) is 5.82 Å². The molecular formula is C10H15N5. The van der Waals surface area contributed by atoms with Gasteiger partial charge in [-0.2, -0.15) is 5.10 Å². The van der Waals surface area contributed by atoms with Gasteiger partial charge in [0, 0.05) is 26.0 Å². The van der Waals surface area contributed by atoms with E-state index in [-0.39, 0.29) is 0 Å². The lowest BCUT2D eigenvalue weighted by Gasteiger charge is -1.98. The minimum Gasteiger partial charge on any atom is -0.357 e. The predicted octanol–water partition coefficient (Wildman–Crippen LogP) is 0.741. The molecule has 0 bridgehead atoms. The molecule has 0 atom stereocenters. The number of aromatic amines is 1. The normalized spacial score (nSPS) is 10.8. The fraction of sp³-hybridized carbons (Fsp3) is 0.400. The molecule has 2 aromatic rings. The Kier molecular flexibility index (Phi) is 2.82. The maximum atomic E-state index is 4.21. The Labute approximate surface area is 88.5 Å². The quantitative estimate of drug-likeness (QED) is 0.774. The molecular weight excluding hydrogens is 190 g/mol. The van der Waals surface area contributed by atoms with Crippen molar-refractivity contribution in [2.45, 2.75) is 20.0 Å². The first kappa shape index (κ1) is 9.92. The number of H-pyrrole nitrogens is 1. The zero-order valence-electron chi connectivity index (χ0n) is 8.99. The second-order valence-corrected chi connectivity index (χ2v) is 3.63. The van der Waals surface area contributed by atoms with Crippen LogP contribution in [0.25, 0.3) is 0 Å². The Hall–Kier alpha value is -1.62. The van der Waals surface area contributed by atoms with Gasteiger partial charge in [-0.1, -0.05) is 0 Å². The van der Waals surface area contributed by atoms with Crippen LogP contribution >= 0.6 is 0 Å². The summed E-state index contributed by atoms with van der Waals surface area (Å²) in [6.45, 7) is 3.43. The van der Waals surface area contributed by atoms with Crippen molar-refractivity contribution in [1.82, 2.24) is 25.1 Å². The van der Waals surface area contributed by atoms with Gasteiger partial charge in [-0.25, -0.2) is 4.98 Å². The Morgan fingerprint density at radius 2 is 2.33 bits per heavy atom. The highest BCUT2D eigenvalue weighted by Crippen LogP contribution is 1.99. The molecule has 0 aromatic carbocycles. The van der Waals surface area contributed by atoms with E-state index in [0.29, 0.717) is 6.54 Å². The zero-order valence-corrected chi connectivity index (χ0v) is 8.99. The van der Waals surface area contributed by atoms with Gasteiger partial charge >= 0.3 is 0 Å². The van der Waals surface area contributed by atoms with Crippen molar-refractivity contribution in [3.8, 4) is 0 Å². The fourth-order valence-corrected chi connectivity index (χ4v) is 1.45. The van der Waals surface area contributed by atoms with E-state index in [1.807, 2.05) is 24.7 Å². The van der Waals surface area contributed by atoms with Gasteiger partial charge < -0.3 is 9.88 Å². The Bertz CT molecular complexity index is 388. The molecule has 80 valence electrons. The third-order valence-electron chi connectivity index (χ3n) is 2.15. The molecule has 0 saturated heterocycles. The van der Waals surface area contributed by atoms with Crippen molar-refractivity contribution in [2.24, 2.45) is 7.05 Å². The smallest absolute Gasteiger partial charge is 0.164 e. The number of rotatable bonds is 4. The number of aromatic nitrogens is 4. The number of nitrogens with one attached hydrogen (secondary N) is 2. The van der Waals surface area contributed by atoms with Gasteiger partial charge in [0.2, 0.25) is 0 Å². The minimum absolute atomic E-state index is 0.694. The van der Waals surface area contributed by atoms with Crippen LogP contribution in [0.5, 0.6) is 0 Å². The van der Waals surface area contributed by atoms with Crippen LogP contribution < -0.4 is 5.32 Å². The Morgan fingerprint density at radius 3 is 2.93 bits per heavy atom. The fourth-order valence-electron chi connectivity index (χ4n) is 1.45. The maximum absolute atomic E-state index is 4.21. The molecule has 0 fully saturated rings. The third-order valence-corrected chi connectivity index (χ3v) is 2.15. The van der Waals surface area contributed by atoms with Crippen molar-refractivity contribution >= 4 is 0 Å². The number of aryl methyl sites for hydroxylation is 2. The number of hydrogen-bond donors (Lipinski definition) is 2. The largest absolute Gasteiger partial charge is 0.357 e. The van der Waals surface area contributed by atoms with Crippen LogP contribution in [-0.2, 0) is 20.1 Å². The van der Waals surface area contributed by atoms with E-state index in [1.165, 1.54) is 5.56 Å². The van der Waals surface area contributed by atoms with Crippen LogP contribution in [0.4, 0.5) is 0 Å². The van der Waals surface area contributed by atoms with E-state index in [9.17, 15) is 0 Å². The highest BCUT2D eigenvalue weighted by Gasteiger charge is 1.99. The van der Waals surface area contributed by atoms with Crippen LogP contribution in [-0.4, -0.2) is 19.7 Å². The van der Waals surface area contributed by atoms with Crippen molar-refractivity contribution in [3.05, 3.63) is 35.7 Å². The van der Waals surface area contributed by atoms with E-state index >= 15 is 0 Å². The van der Waals surface area contributed by atoms with Crippen molar-refractivity contribution in [3.63, 3.8) is 0 Å². The van der Waals surface area contributed by atoms with Crippen LogP contribution in [0.1, 0.15) is 17.2 Å². The topological polar surface area (TPSA) is 58.5 Å². The molecule has 15 heavy (non-hydrogen) atoms. The van der Waals surface area contributed by atoms with Gasteiger partial charge in [0.25, 0.3) is 0 Å². The summed E-state index contributed by atoms with van der Waals surface area (Å²) < 4.78 is 2.04. The molecule has 2 rings (SSSR count). The van der Waals surface area contributed by atoms with Gasteiger partial charge in [0.05, 0.1) is 6.54 Å². The predicted molar refractivity (Wildman–Crippen MR) is 57.1 cm³/mol. The number of hydrogen-bond acceptors (Lipinski definition) is 3. The molecule has 2 heterocycles. The van der Waals surface area contributed by atoms with E-state index in [2.05, 4.69) is 32.8 Å². The highest BCUT2D eigenvalue weighted by atomic mass is 15.2. The average Bonchev–Trinajstić information content (AvgIpc) is 2.76. The second-order valence-electron chi connectivity index (χ2n) is 3.63. The average molecular weight is 205 g/mol. The lowest BCUT2D eigenvalue weighted by atomic mass is 10.3. The molecule has 0 amide bonds. The van der Waals surface area contributed by atoms with Gasteiger partial charge in [0.15, 0.2) is 5.82 Å². The van der Waals surface area contributed by atoms with Gasteiger partial charge in [-0.05, 0) is 18.6 Å². The van der Waals surface area contributed by atoms with Crippen LogP contribution in [0, 0.1) is 6.92 Å². The first-order valence-electron chi connectivity index (χ1n) is 4.93. The van der Waals surface area contributed by atoms with E-state index < -0.39 is 0 Å². The monoisotopic (exact) mass is 205 g/mol. The maximum Gasteiger partial charge on any atom is 0.164 e. The summed E-state index contributed by atoms with van der Waals surface area (Å²) in [7, 11) is 2.02. The first-order chi connectivity index (χ1) is 7.24. The van der Waals surface area contributed by atoms with Crippen molar-refractivity contribution in [1.29, 1.82) is 0 Å². The summed E-state index contributed by atoms with van der Waals surface area (Å²) in [6, 6.07) is 2.09. The SMILES string of the molecule is Cc1nc(CNCc2ccn(C)c2)n[nH]1. The second kappa shape index (κ2) is 4.27. The molecule has 0 aliphatic rings. The summed E-state index contributed by atoms with van der Waals surface area (Å²) in [4.78, 5) is 4.21. The molecule has 0 unspecified atom stereocenters. The Morgan fingerprint density at radius 1 is 1.47 bits per heavy atom. The zero-order chi connectivity index (χ0) is 10.7. The van der Waals surface area contributed by atoms with Gasteiger partial charge in [-0.3, -0.25) is 5.10 Å². The van der Waals surface area contributed by atoms with Crippen LogP contribution in [0.3, 0.4) is 0 Å². The lowest BCUT2D eigenvalue weighted by Crippen LogP contribution is -2.13. The third kappa shape index (κ3) is 2.66. The van der Waals surface area contributed by atoms with E-state index in [1.54, 1.807) is 0 Å². The summed E-state index contributed by atoms with van der Waals surface area (Å²) >= 11 is 0. The molecule has 5 heteroatoms. The molecule has 0 spiro atoms. The molecule has 2 N–H and O–H groups in total. The standard InChI is InChI=1S/C10H15N5/c1-8-12-10(14-13-8)6-11-5-9-3-4-15(2)7-9/h3-4,7,11H,5-6H2,1-2H3,(H,12,13,14). The van der Waals surface area contributed by atoms with Crippen molar-refractivity contribution < 1.29 is 0 Å². The molecule has 5 nitrogen and oxygen atoms in total. The Balaban J connectivity index is 1.80. The minimum atomic E-state index is 0.694. The number of nitrogens with zero attached hydrogens (tertiary/aromatic N) is 3. The highest BCUT2D eigenvalue weighted by molar-refractivity contribution is 5.09. The molecule has 0 aliphatic carbocycles.